The van der Waals surface area contributed by atoms with E-state index in [1.165, 1.54) is 24.3 Å². The molecule has 18 heavy (non-hydrogen) atoms. The molecule has 1 fully saturated rings. The van der Waals surface area contributed by atoms with Gasteiger partial charge in [-0.25, -0.2) is 0 Å². The van der Waals surface area contributed by atoms with Crippen molar-refractivity contribution in [1.29, 1.82) is 0 Å². The number of aliphatic hydroxyl groups excluding tert-OH is 1. The first-order valence-electron chi connectivity index (χ1n) is 5.41. The molecule has 1 aliphatic carbocycles. The van der Waals surface area contributed by atoms with Gasteiger partial charge in [-0.3, -0.25) is 4.79 Å². The molecule has 0 aliphatic heterocycles. The molecule has 0 bridgehead atoms. The maximum atomic E-state index is 12.0. The zero-order valence-corrected chi connectivity index (χ0v) is 9.35. The highest BCUT2D eigenvalue weighted by molar-refractivity contribution is 5.83. The van der Waals surface area contributed by atoms with Crippen LogP contribution in [0.3, 0.4) is 0 Å². The number of ether oxygens (including phenoxy) is 1. The Bertz CT molecular complexity index is 438. The first-order valence-corrected chi connectivity index (χ1v) is 5.41. The van der Waals surface area contributed by atoms with Crippen LogP contribution in [0.1, 0.15) is 18.4 Å². The molecule has 4 nitrogen and oxygen atoms in total. The Kier molecular flexibility index (Phi) is 3.21. The lowest BCUT2D eigenvalue weighted by atomic mass is 9.63. The van der Waals surface area contributed by atoms with Crippen LogP contribution in [0.15, 0.2) is 24.3 Å². The summed E-state index contributed by atoms with van der Waals surface area (Å²) in [7, 11) is 0. The number of alkyl halides is 2. The Balaban J connectivity index is 2.20. The number of rotatable bonds is 4. The van der Waals surface area contributed by atoms with Crippen molar-refractivity contribution in [2.75, 3.05) is 0 Å². The summed E-state index contributed by atoms with van der Waals surface area (Å²) in [4.78, 5) is 11.2. The molecule has 1 aromatic rings. The van der Waals surface area contributed by atoms with Gasteiger partial charge in [0, 0.05) is 0 Å². The van der Waals surface area contributed by atoms with E-state index in [2.05, 4.69) is 4.74 Å². The molecule has 6 heteroatoms. The molecule has 2 N–H and O–H groups in total. The van der Waals surface area contributed by atoms with Gasteiger partial charge < -0.3 is 14.9 Å². The van der Waals surface area contributed by atoms with E-state index in [0.717, 1.165) is 0 Å². The molecule has 1 saturated carbocycles. The summed E-state index contributed by atoms with van der Waals surface area (Å²) in [5.74, 6) is -1.04. The van der Waals surface area contributed by atoms with Crippen LogP contribution >= 0.6 is 0 Å². The minimum absolute atomic E-state index is 0.0193. The molecular formula is C12H12F2O4. The van der Waals surface area contributed by atoms with Crippen LogP contribution in [-0.4, -0.2) is 28.9 Å². The van der Waals surface area contributed by atoms with Crippen molar-refractivity contribution in [1.82, 2.24) is 0 Å². The fraction of sp³-hybridized carbons (Fsp3) is 0.417. The second kappa shape index (κ2) is 4.53. The van der Waals surface area contributed by atoms with E-state index in [-0.39, 0.29) is 18.6 Å². The lowest BCUT2D eigenvalue weighted by Crippen LogP contribution is -2.50. The van der Waals surface area contributed by atoms with Crippen molar-refractivity contribution >= 4 is 5.97 Å². The molecule has 0 unspecified atom stereocenters. The Morgan fingerprint density at radius 2 is 1.89 bits per heavy atom. The summed E-state index contributed by atoms with van der Waals surface area (Å²) in [6, 6.07) is 5.49. The Morgan fingerprint density at radius 1 is 1.33 bits per heavy atom. The number of aliphatic hydroxyl groups is 1. The first kappa shape index (κ1) is 12.8. The van der Waals surface area contributed by atoms with Crippen LogP contribution in [-0.2, 0) is 10.2 Å². The Labute approximate surface area is 102 Å². The zero-order chi connectivity index (χ0) is 13.3. The van der Waals surface area contributed by atoms with Crippen LogP contribution in [0.5, 0.6) is 5.75 Å². The molecular weight excluding hydrogens is 246 g/mol. The molecule has 1 aliphatic rings. The zero-order valence-electron chi connectivity index (χ0n) is 9.35. The monoisotopic (exact) mass is 258 g/mol. The lowest BCUT2D eigenvalue weighted by Gasteiger charge is -2.42. The number of halogens is 2. The number of hydrogen-bond acceptors (Lipinski definition) is 3. The summed E-state index contributed by atoms with van der Waals surface area (Å²) in [5.41, 5.74) is -0.620. The largest absolute Gasteiger partial charge is 0.481 e. The van der Waals surface area contributed by atoms with Crippen molar-refractivity contribution in [3.05, 3.63) is 29.8 Å². The highest BCUT2D eigenvalue weighted by Gasteiger charge is 2.51. The van der Waals surface area contributed by atoms with Crippen molar-refractivity contribution in [2.24, 2.45) is 0 Å². The van der Waals surface area contributed by atoms with Crippen LogP contribution in [0.4, 0.5) is 8.78 Å². The first-order chi connectivity index (χ1) is 8.44. The normalized spacial score (nSPS) is 26.8. The van der Waals surface area contributed by atoms with Gasteiger partial charge in [-0.1, -0.05) is 12.1 Å². The molecule has 0 aromatic heterocycles. The molecule has 0 atom stereocenters. The SMILES string of the molecule is O=C(O)C1(c2ccc(OC(F)F)cc2)CC(O)C1. The van der Waals surface area contributed by atoms with Crippen LogP contribution < -0.4 is 4.74 Å². The van der Waals surface area contributed by atoms with Gasteiger partial charge >= 0.3 is 12.6 Å². The highest BCUT2D eigenvalue weighted by atomic mass is 19.3. The predicted octanol–water partition coefficient (Wildman–Crippen LogP) is 1.77. The second-order valence-electron chi connectivity index (χ2n) is 4.35. The van der Waals surface area contributed by atoms with Crippen LogP contribution in [0.2, 0.25) is 0 Å². The predicted molar refractivity (Wildman–Crippen MR) is 57.6 cm³/mol. The van der Waals surface area contributed by atoms with Crippen LogP contribution in [0.25, 0.3) is 0 Å². The third-order valence-electron chi connectivity index (χ3n) is 3.21. The van der Waals surface area contributed by atoms with Gasteiger partial charge in [-0.15, -0.1) is 0 Å². The van der Waals surface area contributed by atoms with E-state index in [0.29, 0.717) is 5.56 Å². The maximum Gasteiger partial charge on any atom is 0.387 e. The van der Waals surface area contributed by atoms with Crippen LogP contribution in [0, 0.1) is 0 Å². The average Bonchev–Trinajstić information content (AvgIpc) is 2.24. The van der Waals surface area contributed by atoms with Gasteiger partial charge in [0.15, 0.2) is 0 Å². The maximum absolute atomic E-state index is 12.0. The molecule has 2 rings (SSSR count). The fourth-order valence-electron chi connectivity index (χ4n) is 2.23. The Morgan fingerprint density at radius 3 is 2.28 bits per heavy atom. The summed E-state index contributed by atoms with van der Waals surface area (Å²) in [6.07, 6.45) is -0.354. The van der Waals surface area contributed by atoms with Gasteiger partial charge in [0.05, 0.1) is 11.5 Å². The Hall–Kier alpha value is -1.69. The molecule has 0 heterocycles. The molecule has 0 amide bonds. The molecule has 0 saturated heterocycles. The van der Waals surface area contributed by atoms with Crippen molar-refractivity contribution in [2.45, 2.75) is 31.0 Å². The standard InChI is InChI=1S/C12H12F2O4/c13-11(14)18-9-3-1-7(2-4-9)12(10(16)17)5-8(15)6-12/h1-4,8,11,15H,5-6H2,(H,16,17). The van der Waals surface area contributed by atoms with Crippen molar-refractivity contribution in [3.63, 3.8) is 0 Å². The molecule has 1 aromatic carbocycles. The van der Waals surface area contributed by atoms with E-state index >= 15 is 0 Å². The van der Waals surface area contributed by atoms with Crippen molar-refractivity contribution in [3.8, 4) is 5.75 Å². The highest BCUT2D eigenvalue weighted by Crippen LogP contribution is 2.44. The number of carboxylic acids is 1. The summed E-state index contributed by atoms with van der Waals surface area (Å²) >= 11 is 0. The third-order valence-corrected chi connectivity index (χ3v) is 3.21. The van der Waals surface area contributed by atoms with Gasteiger partial charge in [-0.2, -0.15) is 8.78 Å². The fourth-order valence-corrected chi connectivity index (χ4v) is 2.23. The number of carbonyl (C=O) groups is 1. The smallest absolute Gasteiger partial charge is 0.387 e. The van der Waals surface area contributed by atoms with Gasteiger partial charge in [-0.05, 0) is 30.5 Å². The van der Waals surface area contributed by atoms with E-state index in [1.54, 1.807) is 0 Å². The number of aliphatic carboxylic acids is 1. The summed E-state index contributed by atoms with van der Waals surface area (Å²) in [5, 5.41) is 18.5. The van der Waals surface area contributed by atoms with Gasteiger partial charge in [0.25, 0.3) is 0 Å². The van der Waals surface area contributed by atoms with E-state index in [9.17, 15) is 23.8 Å². The third kappa shape index (κ3) is 2.15. The minimum Gasteiger partial charge on any atom is -0.481 e. The number of carboxylic acid groups (broad SMARTS) is 1. The quantitative estimate of drug-likeness (QED) is 0.863. The average molecular weight is 258 g/mol. The molecule has 0 radical (unpaired) electrons. The lowest BCUT2D eigenvalue weighted by molar-refractivity contribution is -0.152. The van der Waals surface area contributed by atoms with E-state index in [4.69, 9.17) is 0 Å². The number of hydrogen-bond donors (Lipinski definition) is 2. The topological polar surface area (TPSA) is 66.8 Å². The van der Waals surface area contributed by atoms with Crippen molar-refractivity contribution < 1.29 is 28.5 Å². The van der Waals surface area contributed by atoms with Gasteiger partial charge in [0.1, 0.15) is 5.75 Å². The van der Waals surface area contributed by atoms with Gasteiger partial charge in [0.2, 0.25) is 0 Å². The van der Waals surface area contributed by atoms with E-state index < -0.39 is 24.1 Å². The number of benzene rings is 1. The summed E-state index contributed by atoms with van der Waals surface area (Å²) < 4.78 is 28.1. The summed E-state index contributed by atoms with van der Waals surface area (Å²) in [6.45, 7) is -2.91. The molecule has 98 valence electrons. The van der Waals surface area contributed by atoms with E-state index in [1.807, 2.05) is 0 Å². The molecule has 0 spiro atoms. The second-order valence-corrected chi connectivity index (χ2v) is 4.35. The minimum atomic E-state index is -2.91.